The number of para-hydroxylation sites is 2. The normalized spacial score (nSPS) is 11.9. The van der Waals surface area contributed by atoms with Crippen LogP contribution in [0.5, 0.6) is 5.75 Å². The maximum atomic E-state index is 12.6. The number of amides is 1. The molecular formula is C26H26N2O2S. The molecule has 0 radical (unpaired) electrons. The van der Waals surface area contributed by atoms with Gasteiger partial charge in [-0.3, -0.25) is 4.79 Å². The molecule has 1 heterocycles. The summed E-state index contributed by atoms with van der Waals surface area (Å²) in [6.07, 6.45) is 2.20. The molecule has 3 aromatic carbocycles. The van der Waals surface area contributed by atoms with Crippen molar-refractivity contribution in [3.8, 4) is 5.75 Å². The van der Waals surface area contributed by atoms with E-state index in [1.54, 1.807) is 19.2 Å². The molecule has 1 amide bonds. The average molecular weight is 431 g/mol. The van der Waals surface area contributed by atoms with Gasteiger partial charge in [0, 0.05) is 40.3 Å². The van der Waals surface area contributed by atoms with E-state index in [0.717, 1.165) is 0 Å². The second-order valence-electron chi connectivity index (χ2n) is 7.33. The van der Waals surface area contributed by atoms with Crippen molar-refractivity contribution in [3.05, 3.63) is 96.2 Å². The van der Waals surface area contributed by atoms with Gasteiger partial charge in [-0.25, -0.2) is 0 Å². The number of hydrogen-bond donors (Lipinski definition) is 1. The third kappa shape index (κ3) is 4.78. The minimum atomic E-state index is -0.124. The predicted molar refractivity (Wildman–Crippen MR) is 128 cm³/mol. The molecule has 0 bridgehead atoms. The van der Waals surface area contributed by atoms with Crippen molar-refractivity contribution >= 4 is 28.6 Å². The second-order valence-corrected chi connectivity index (χ2v) is 8.71. The Morgan fingerprint density at radius 2 is 1.71 bits per heavy atom. The SMILES string of the molecule is COc1ccccc1C(=O)NCCn1cc(SC(C)c2ccccc2)c2ccccc21. The molecule has 4 aromatic rings. The van der Waals surface area contributed by atoms with Crippen molar-refractivity contribution in [3.63, 3.8) is 0 Å². The Hall–Kier alpha value is -3.18. The largest absolute Gasteiger partial charge is 0.496 e. The Bertz CT molecular complexity index is 1170. The highest BCUT2D eigenvalue weighted by Crippen LogP contribution is 2.39. The monoisotopic (exact) mass is 430 g/mol. The van der Waals surface area contributed by atoms with Gasteiger partial charge in [0.15, 0.2) is 0 Å². The van der Waals surface area contributed by atoms with Crippen molar-refractivity contribution in [2.75, 3.05) is 13.7 Å². The molecule has 0 fully saturated rings. The average Bonchev–Trinajstić information content (AvgIpc) is 3.17. The molecule has 5 heteroatoms. The van der Waals surface area contributed by atoms with Crippen LogP contribution in [-0.2, 0) is 6.54 Å². The fourth-order valence-corrected chi connectivity index (χ4v) is 4.85. The van der Waals surface area contributed by atoms with Gasteiger partial charge in [-0.05, 0) is 30.7 Å². The second kappa shape index (κ2) is 9.75. The Kier molecular flexibility index (Phi) is 6.63. The van der Waals surface area contributed by atoms with Gasteiger partial charge in [0.1, 0.15) is 5.75 Å². The first-order valence-electron chi connectivity index (χ1n) is 10.4. The molecule has 4 rings (SSSR count). The highest BCUT2D eigenvalue weighted by atomic mass is 32.2. The van der Waals surface area contributed by atoms with Gasteiger partial charge in [0.2, 0.25) is 0 Å². The fraction of sp³-hybridized carbons (Fsp3) is 0.192. The maximum absolute atomic E-state index is 12.6. The number of aromatic nitrogens is 1. The topological polar surface area (TPSA) is 43.3 Å². The summed E-state index contributed by atoms with van der Waals surface area (Å²) < 4.78 is 7.52. The van der Waals surface area contributed by atoms with E-state index in [9.17, 15) is 4.79 Å². The van der Waals surface area contributed by atoms with Gasteiger partial charge >= 0.3 is 0 Å². The smallest absolute Gasteiger partial charge is 0.255 e. The number of hydrogen-bond acceptors (Lipinski definition) is 3. The predicted octanol–water partition coefficient (Wildman–Crippen LogP) is 5.93. The summed E-state index contributed by atoms with van der Waals surface area (Å²) in [6.45, 7) is 3.47. The van der Waals surface area contributed by atoms with Crippen LogP contribution in [0.15, 0.2) is 90.0 Å². The third-order valence-electron chi connectivity index (χ3n) is 5.31. The number of thioether (sulfide) groups is 1. The van der Waals surface area contributed by atoms with E-state index < -0.39 is 0 Å². The zero-order valence-corrected chi connectivity index (χ0v) is 18.6. The molecule has 0 saturated carbocycles. The first-order chi connectivity index (χ1) is 15.2. The molecule has 0 aliphatic carbocycles. The van der Waals surface area contributed by atoms with Crippen LogP contribution in [-0.4, -0.2) is 24.1 Å². The van der Waals surface area contributed by atoms with Gasteiger partial charge < -0.3 is 14.6 Å². The molecular weight excluding hydrogens is 404 g/mol. The lowest BCUT2D eigenvalue weighted by molar-refractivity contribution is 0.0949. The maximum Gasteiger partial charge on any atom is 0.255 e. The summed E-state index contributed by atoms with van der Waals surface area (Å²) in [7, 11) is 1.58. The van der Waals surface area contributed by atoms with Crippen LogP contribution in [0.2, 0.25) is 0 Å². The van der Waals surface area contributed by atoms with Crippen LogP contribution in [0, 0.1) is 0 Å². The van der Waals surface area contributed by atoms with Crippen molar-refractivity contribution in [1.82, 2.24) is 9.88 Å². The highest BCUT2D eigenvalue weighted by molar-refractivity contribution is 7.99. The lowest BCUT2D eigenvalue weighted by Crippen LogP contribution is -2.27. The summed E-state index contributed by atoms with van der Waals surface area (Å²) in [5.74, 6) is 0.459. The number of nitrogens with one attached hydrogen (secondary N) is 1. The summed E-state index contributed by atoms with van der Waals surface area (Å²) in [5, 5.41) is 4.61. The van der Waals surface area contributed by atoms with Crippen LogP contribution in [0.4, 0.5) is 0 Å². The standard InChI is InChI=1S/C26H26N2O2S/c1-19(20-10-4-3-5-11-20)31-25-18-28(23-14-8-6-12-21(23)25)17-16-27-26(29)22-13-7-9-15-24(22)30-2/h3-15,18-19H,16-17H2,1-2H3,(H,27,29). The van der Waals surface area contributed by atoms with Crippen molar-refractivity contribution in [2.45, 2.75) is 23.6 Å². The van der Waals surface area contributed by atoms with Gasteiger partial charge in [0.25, 0.3) is 5.91 Å². The molecule has 4 nitrogen and oxygen atoms in total. The number of rotatable bonds is 8. The molecule has 1 atom stereocenters. The van der Waals surface area contributed by atoms with E-state index in [4.69, 9.17) is 4.74 Å². The lowest BCUT2D eigenvalue weighted by atomic mass is 10.2. The number of nitrogens with zero attached hydrogens (tertiary/aromatic N) is 1. The van der Waals surface area contributed by atoms with E-state index in [2.05, 4.69) is 71.5 Å². The third-order valence-corrected chi connectivity index (χ3v) is 6.52. The molecule has 1 N–H and O–H groups in total. The Balaban J connectivity index is 1.48. The molecule has 1 aromatic heterocycles. The molecule has 0 aliphatic rings. The van der Waals surface area contributed by atoms with Crippen LogP contribution in [0.25, 0.3) is 10.9 Å². The first kappa shape index (κ1) is 21.1. The molecule has 0 spiro atoms. The van der Waals surface area contributed by atoms with E-state index in [-0.39, 0.29) is 5.91 Å². The summed E-state index contributed by atoms with van der Waals surface area (Å²) >= 11 is 1.86. The zero-order chi connectivity index (χ0) is 21.6. The van der Waals surface area contributed by atoms with Crippen molar-refractivity contribution < 1.29 is 9.53 Å². The summed E-state index contributed by atoms with van der Waals surface area (Å²) in [6, 6.07) is 26.3. The van der Waals surface area contributed by atoms with Gasteiger partial charge in [-0.1, -0.05) is 60.7 Å². The summed E-state index contributed by atoms with van der Waals surface area (Å²) in [5.41, 5.74) is 3.04. The number of benzene rings is 3. The number of methoxy groups -OCH3 is 1. The van der Waals surface area contributed by atoms with Crippen molar-refractivity contribution in [2.24, 2.45) is 0 Å². The first-order valence-corrected chi connectivity index (χ1v) is 11.3. The van der Waals surface area contributed by atoms with Crippen molar-refractivity contribution in [1.29, 1.82) is 0 Å². The van der Waals surface area contributed by atoms with Gasteiger partial charge in [-0.2, -0.15) is 0 Å². The van der Waals surface area contributed by atoms with Crippen LogP contribution >= 0.6 is 11.8 Å². The number of carbonyl (C=O) groups is 1. The van der Waals surface area contributed by atoms with E-state index >= 15 is 0 Å². The fourth-order valence-electron chi connectivity index (χ4n) is 3.69. The zero-order valence-electron chi connectivity index (χ0n) is 17.7. The minimum absolute atomic E-state index is 0.124. The Labute approximate surface area is 187 Å². The lowest BCUT2D eigenvalue weighted by Gasteiger charge is -2.11. The van der Waals surface area contributed by atoms with Gasteiger partial charge in [0.05, 0.1) is 12.7 Å². The highest BCUT2D eigenvalue weighted by Gasteiger charge is 2.14. The molecule has 0 aliphatic heterocycles. The van der Waals surface area contributed by atoms with E-state index in [0.29, 0.717) is 29.7 Å². The van der Waals surface area contributed by atoms with Crippen LogP contribution in [0.3, 0.4) is 0 Å². The van der Waals surface area contributed by atoms with E-state index in [1.807, 2.05) is 30.0 Å². The molecule has 158 valence electrons. The molecule has 0 saturated heterocycles. The quantitative estimate of drug-likeness (QED) is 0.352. The Morgan fingerprint density at radius 1 is 1.00 bits per heavy atom. The number of carbonyl (C=O) groups excluding carboxylic acids is 1. The van der Waals surface area contributed by atoms with E-state index in [1.165, 1.54) is 21.4 Å². The van der Waals surface area contributed by atoms with Gasteiger partial charge in [-0.15, -0.1) is 11.8 Å². The molecule has 31 heavy (non-hydrogen) atoms. The van der Waals surface area contributed by atoms with Crippen LogP contribution in [0.1, 0.15) is 28.1 Å². The minimum Gasteiger partial charge on any atom is -0.496 e. The summed E-state index contributed by atoms with van der Waals surface area (Å²) in [4.78, 5) is 13.8. The number of ether oxygens (including phenoxy) is 1. The van der Waals surface area contributed by atoms with Crippen LogP contribution < -0.4 is 10.1 Å². The Morgan fingerprint density at radius 3 is 2.52 bits per heavy atom. The number of fused-ring (bicyclic) bond motifs is 1. The molecule has 1 unspecified atom stereocenters.